The zero-order valence-corrected chi connectivity index (χ0v) is 21.8. The van der Waals surface area contributed by atoms with Gasteiger partial charge in [0.05, 0.1) is 6.04 Å². The summed E-state index contributed by atoms with van der Waals surface area (Å²) in [7, 11) is 0. The number of ether oxygens (including phenoxy) is 1. The highest BCUT2D eigenvalue weighted by Crippen LogP contribution is 2.32. The number of carbonyl (C=O) groups excluding carboxylic acids is 2. The van der Waals surface area contributed by atoms with E-state index >= 15 is 0 Å². The first kappa shape index (κ1) is 28.8. The third-order valence-corrected chi connectivity index (χ3v) is 5.98. The molecule has 0 saturated carbocycles. The topological polar surface area (TPSA) is 46.6 Å². The summed E-state index contributed by atoms with van der Waals surface area (Å²) in [5.41, 5.74) is 0.880. The first-order valence-electron chi connectivity index (χ1n) is 13.2. The van der Waals surface area contributed by atoms with Gasteiger partial charge in [-0.2, -0.15) is 0 Å². The highest BCUT2D eigenvalue weighted by atomic mass is 16.6. The lowest BCUT2D eigenvalue weighted by Crippen LogP contribution is -2.36. The van der Waals surface area contributed by atoms with Gasteiger partial charge in [0.2, 0.25) is 0 Å². The molecular formula is C32H41NO3. The van der Waals surface area contributed by atoms with E-state index in [0.29, 0.717) is 0 Å². The summed E-state index contributed by atoms with van der Waals surface area (Å²) in [4.78, 5) is 25.9. The first-order valence-corrected chi connectivity index (χ1v) is 13.2. The van der Waals surface area contributed by atoms with Crippen LogP contribution < -0.4 is 0 Å². The largest absolute Gasteiger partial charge is 0.439 e. The normalized spacial score (nSPS) is 18.8. The van der Waals surface area contributed by atoms with E-state index in [2.05, 4.69) is 19.1 Å². The fraction of sp³-hybridized carbons (Fsp3) is 0.375. The number of hydrogen-bond acceptors (Lipinski definition) is 3. The molecule has 2 amide bonds. The minimum Gasteiger partial charge on any atom is -0.439 e. The van der Waals surface area contributed by atoms with Gasteiger partial charge in [-0.05, 0) is 25.3 Å². The SMILES string of the molecule is CCCCCCCCC/C=C/C=C/C=C/C=C/C=C/C=C/C(=O)N1C(=O)O[C@@H](c2ccccc2)[C@H]1C. The van der Waals surface area contributed by atoms with Crippen molar-refractivity contribution in [1.29, 1.82) is 0 Å². The van der Waals surface area contributed by atoms with E-state index in [1.54, 1.807) is 12.2 Å². The van der Waals surface area contributed by atoms with Crippen molar-refractivity contribution in [2.24, 2.45) is 0 Å². The molecule has 0 N–H and O–H groups in total. The Morgan fingerprint density at radius 3 is 2.00 bits per heavy atom. The van der Waals surface area contributed by atoms with Crippen molar-refractivity contribution in [1.82, 2.24) is 4.90 Å². The van der Waals surface area contributed by atoms with E-state index < -0.39 is 12.2 Å². The van der Waals surface area contributed by atoms with Crippen LogP contribution in [0.4, 0.5) is 4.79 Å². The van der Waals surface area contributed by atoms with E-state index in [9.17, 15) is 9.59 Å². The van der Waals surface area contributed by atoms with Crippen molar-refractivity contribution < 1.29 is 14.3 Å². The molecule has 0 radical (unpaired) electrons. The maximum absolute atomic E-state index is 12.5. The molecule has 1 aliphatic heterocycles. The van der Waals surface area contributed by atoms with Crippen molar-refractivity contribution in [3.05, 3.63) is 109 Å². The third-order valence-electron chi connectivity index (χ3n) is 5.98. The van der Waals surface area contributed by atoms with Gasteiger partial charge in [0.25, 0.3) is 5.91 Å². The van der Waals surface area contributed by atoms with Crippen LogP contribution in [0.2, 0.25) is 0 Å². The summed E-state index contributed by atoms with van der Waals surface area (Å²) in [6, 6.07) is 9.10. The Kier molecular flexibility index (Phi) is 14.4. The summed E-state index contributed by atoms with van der Waals surface area (Å²) in [6.07, 6.45) is 32.2. The summed E-state index contributed by atoms with van der Waals surface area (Å²) >= 11 is 0. The molecule has 0 bridgehead atoms. The number of unbranched alkanes of at least 4 members (excludes halogenated alkanes) is 7. The lowest BCUT2D eigenvalue weighted by Gasteiger charge is -2.17. The Balaban J connectivity index is 1.62. The molecule has 0 aromatic heterocycles. The van der Waals surface area contributed by atoms with Crippen LogP contribution >= 0.6 is 0 Å². The number of imide groups is 1. The minimum atomic E-state index is -0.610. The van der Waals surface area contributed by atoms with Gasteiger partial charge in [0, 0.05) is 6.08 Å². The molecule has 0 unspecified atom stereocenters. The molecule has 2 atom stereocenters. The van der Waals surface area contributed by atoms with Crippen molar-refractivity contribution in [3.8, 4) is 0 Å². The molecule has 1 aromatic carbocycles. The summed E-state index contributed by atoms with van der Waals surface area (Å²) in [5.74, 6) is -0.385. The van der Waals surface area contributed by atoms with Gasteiger partial charge >= 0.3 is 6.09 Å². The summed E-state index contributed by atoms with van der Waals surface area (Å²) in [6.45, 7) is 4.07. The Hall–Kier alpha value is -3.40. The maximum Gasteiger partial charge on any atom is 0.417 e. The predicted octanol–water partition coefficient (Wildman–Crippen LogP) is 8.57. The second-order valence-corrected chi connectivity index (χ2v) is 8.90. The number of rotatable bonds is 15. The van der Waals surface area contributed by atoms with Crippen molar-refractivity contribution >= 4 is 12.0 Å². The van der Waals surface area contributed by atoms with Gasteiger partial charge in [0.15, 0.2) is 0 Å². The molecule has 192 valence electrons. The average Bonchev–Trinajstić information content (AvgIpc) is 3.19. The molecule has 1 aromatic rings. The Labute approximate surface area is 217 Å². The van der Waals surface area contributed by atoms with Crippen LogP contribution in [0.3, 0.4) is 0 Å². The molecule has 1 saturated heterocycles. The summed E-state index contributed by atoms with van der Waals surface area (Å²) in [5, 5.41) is 0. The van der Waals surface area contributed by atoms with Gasteiger partial charge in [-0.1, -0.05) is 143 Å². The molecule has 36 heavy (non-hydrogen) atoms. The number of carbonyl (C=O) groups is 2. The van der Waals surface area contributed by atoms with E-state index in [1.807, 2.05) is 79.8 Å². The average molecular weight is 488 g/mol. The molecule has 1 aliphatic rings. The van der Waals surface area contributed by atoms with Crippen LogP contribution in [0.1, 0.15) is 76.9 Å². The second kappa shape index (κ2) is 18.0. The number of amides is 2. The van der Waals surface area contributed by atoms with Crippen LogP contribution in [0, 0.1) is 0 Å². The molecule has 1 heterocycles. The lowest BCUT2D eigenvalue weighted by atomic mass is 10.0. The zero-order valence-electron chi connectivity index (χ0n) is 21.8. The van der Waals surface area contributed by atoms with E-state index in [1.165, 1.54) is 51.0 Å². The predicted molar refractivity (Wildman–Crippen MR) is 149 cm³/mol. The Morgan fingerprint density at radius 1 is 0.806 bits per heavy atom. The first-order chi connectivity index (χ1) is 17.6. The lowest BCUT2D eigenvalue weighted by molar-refractivity contribution is -0.124. The number of hydrogen-bond donors (Lipinski definition) is 0. The van der Waals surface area contributed by atoms with Crippen LogP contribution in [0.15, 0.2) is 103 Å². The van der Waals surface area contributed by atoms with Crippen LogP contribution in [-0.4, -0.2) is 22.9 Å². The van der Waals surface area contributed by atoms with Crippen molar-refractivity contribution in [2.75, 3.05) is 0 Å². The van der Waals surface area contributed by atoms with Crippen LogP contribution in [-0.2, 0) is 9.53 Å². The van der Waals surface area contributed by atoms with Gasteiger partial charge in [0.1, 0.15) is 6.10 Å². The summed E-state index contributed by atoms with van der Waals surface area (Å²) < 4.78 is 5.42. The highest BCUT2D eigenvalue weighted by Gasteiger charge is 2.42. The number of allylic oxidation sites excluding steroid dienone is 11. The standard InChI is InChI=1S/C32H41NO3/c1-3-4-5-6-7-8-9-10-11-12-13-14-15-16-17-18-19-20-24-27-30(34)33-28(2)31(36-32(33)35)29-25-22-21-23-26-29/h11-28,31H,3-10H2,1-2H3/b12-11+,14-13+,16-15+,18-17+,20-19+,27-24+/t28-,31-/m1/s1. The smallest absolute Gasteiger partial charge is 0.417 e. The highest BCUT2D eigenvalue weighted by molar-refractivity contribution is 6.00. The number of benzene rings is 1. The van der Waals surface area contributed by atoms with Gasteiger partial charge in [-0.15, -0.1) is 0 Å². The molecular weight excluding hydrogens is 446 g/mol. The van der Waals surface area contributed by atoms with E-state index in [0.717, 1.165) is 16.9 Å². The minimum absolute atomic E-state index is 0.366. The number of nitrogens with zero attached hydrogens (tertiary/aromatic N) is 1. The number of cyclic esters (lactones) is 1. The van der Waals surface area contributed by atoms with Crippen molar-refractivity contribution in [2.45, 2.75) is 77.4 Å². The maximum atomic E-state index is 12.5. The van der Waals surface area contributed by atoms with E-state index in [-0.39, 0.29) is 11.9 Å². The van der Waals surface area contributed by atoms with E-state index in [4.69, 9.17) is 4.74 Å². The molecule has 2 rings (SSSR count). The fourth-order valence-corrected chi connectivity index (χ4v) is 3.97. The van der Waals surface area contributed by atoms with Gasteiger partial charge in [-0.3, -0.25) is 4.79 Å². The van der Waals surface area contributed by atoms with Crippen LogP contribution in [0.5, 0.6) is 0 Å². The third kappa shape index (κ3) is 10.9. The van der Waals surface area contributed by atoms with Gasteiger partial charge < -0.3 is 4.74 Å². The Morgan fingerprint density at radius 2 is 1.36 bits per heavy atom. The fourth-order valence-electron chi connectivity index (χ4n) is 3.97. The molecule has 1 fully saturated rings. The quantitative estimate of drug-likeness (QED) is 0.141. The zero-order chi connectivity index (χ0) is 25.8. The van der Waals surface area contributed by atoms with Crippen molar-refractivity contribution in [3.63, 3.8) is 0 Å². The monoisotopic (exact) mass is 487 g/mol. The van der Waals surface area contributed by atoms with Gasteiger partial charge in [-0.25, -0.2) is 9.69 Å². The van der Waals surface area contributed by atoms with Crippen LogP contribution in [0.25, 0.3) is 0 Å². The Bertz CT molecular complexity index is 953. The second-order valence-electron chi connectivity index (χ2n) is 8.90. The molecule has 4 nitrogen and oxygen atoms in total. The molecule has 0 aliphatic carbocycles. The molecule has 4 heteroatoms. The molecule has 0 spiro atoms.